The van der Waals surface area contributed by atoms with Gasteiger partial charge in [0.2, 0.25) is 0 Å². The van der Waals surface area contributed by atoms with Crippen LogP contribution in [0.3, 0.4) is 0 Å². The molecule has 3 aromatic rings. The van der Waals surface area contributed by atoms with Crippen molar-refractivity contribution in [2.24, 2.45) is 0 Å². The number of rotatable bonds is 2. The molecule has 0 saturated heterocycles. The van der Waals surface area contributed by atoms with Gasteiger partial charge < -0.3 is 5.73 Å². The number of anilines is 1. The van der Waals surface area contributed by atoms with Gasteiger partial charge >= 0.3 is 0 Å². The van der Waals surface area contributed by atoms with Crippen molar-refractivity contribution in [3.8, 4) is 0 Å². The largest absolute Gasteiger partial charge is 0.399 e. The van der Waals surface area contributed by atoms with E-state index in [1.807, 2.05) is 36.4 Å². The van der Waals surface area contributed by atoms with Gasteiger partial charge in [-0.15, -0.1) is 0 Å². The summed E-state index contributed by atoms with van der Waals surface area (Å²) < 4.78 is 0. The van der Waals surface area contributed by atoms with Gasteiger partial charge in [-0.25, -0.2) is 0 Å². The molecule has 3 aromatic carbocycles. The minimum absolute atomic E-state index is 0.0289. The Bertz CT molecular complexity index is 788. The Morgan fingerprint density at radius 1 is 0.850 bits per heavy atom. The van der Waals surface area contributed by atoms with E-state index in [1.54, 1.807) is 24.3 Å². The maximum absolute atomic E-state index is 12.6. The smallest absolute Gasteiger partial charge is 0.193 e. The van der Waals surface area contributed by atoms with Crippen molar-refractivity contribution in [3.63, 3.8) is 0 Å². The van der Waals surface area contributed by atoms with Crippen molar-refractivity contribution in [2.45, 2.75) is 6.92 Å². The number of hydrogen-bond acceptors (Lipinski definition) is 2. The van der Waals surface area contributed by atoms with E-state index in [9.17, 15) is 4.79 Å². The first-order valence-corrected chi connectivity index (χ1v) is 6.55. The van der Waals surface area contributed by atoms with Gasteiger partial charge in [0.25, 0.3) is 0 Å². The Morgan fingerprint density at radius 3 is 2.20 bits per heavy atom. The van der Waals surface area contributed by atoms with Crippen LogP contribution in [-0.4, -0.2) is 5.78 Å². The highest BCUT2D eigenvalue weighted by Crippen LogP contribution is 2.24. The molecule has 0 aliphatic heterocycles. The van der Waals surface area contributed by atoms with Crippen LogP contribution >= 0.6 is 0 Å². The number of hydrogen-bond donors (Lipinski definition) is 1. The molecule has 0 heterocycles. The zero-order chi connectivity index (χ0) is 14.1. The number of fused-ring (bicyclic) bond motifs is 1. The van der Waals surface area contributed by atoms with Crippen molar-refractivity contribution in [1.82, 2.24) is 0 Å². The van der Waals surface area contributed by atoms with E-state index >= 15 is 0 Å². The topological polar surface area (TPSA) is 43.1 Å². The maximum Gasteiger partial charge on any atom is 0.193 e. The summed E-state index contributed by atoms with van der Waals surface area (Å²) in [4.78, 5) is 12.6. The van der Waals surface area contributed by atoms with E-state index in [0.29, 0.717) is 11.3 Å². The Morgan fingerprint density at radius 2 is 1.50 bits per heavy atom. The zero-order valence-electron chi connectivity index (χ0n) is 11.3. The Labute approximate surface area is 117 Å². The van der Waals surface area contributed by atoms with Crippen LogP contribution in [0.5, 0.6) is 0 Å². The number of ketones is 1. The quantitative estimate of drug-likeness (QED) is 0.560. The van der Waals surface area contributed by atoms with Crippen molar-refractivity contribution >= 4 is 22.2 Å². The fourth-order valence-electron chi connectivity index (χ4n) is 2.44. The van der Waals surface area contributed by atoms with Crippen molar-refractivity contribution in [3.05, 3.63) is 77.4 Å². The van der Waals surface area contributed by atoms with Gasteiger partial charge in [-0.1, -0.05) is 36.4 Å². The highest BCUT2D eigenvalue weighted by Gasteiger charge is 2.12. The van der Waals surface area contributed by atoms with Crippen molar-refractivity contribution < 1.29 is 4.79 Å². The second kappa shape index (κ2) is 4.82. The summed E-state index contributed by atoms with van der Waals surface area (Å²) in [5.41, 5.74) is 8.90. The van der Waals surface area contributed by atoms with Gasteiger partial charge in [-0.2, -0.15) is 0 Å². The molecule has 0 bridgehead atoms. The number of nitrogen functional groups attached to an aromatic ring is 1. The van der Waals surface area contributed by atoms with Crippen LogP contribution in [0.15, 0.2) is 60.7 Å². The fraction of sp³-hybridized carbons (Fsp3) is 0.0556. The number of aryl methyl sites for hydroxylation is 1. The second-order valence-electron chi connectivity index (χ2n) is 4.93. The second-order valence-corrected chi connectivity index (χ2v) is 4.93. The molecule has 2 nitrogen and oxygen atoms in total. The summed E-state index contributed by atoms with van der Waals surface area (Å²) in [6.07, 6.45) is 0. The predicted molar refractivity (Wildman–Crippen MR) is 83.0 cm³/mol. The monoisotopic (exact) mass is 261 g/mol. The van der Waals surface area contributed by atoms with Gasteiger partial charge in [0.15, 0.2) is 5.78 Å². The van der Waals surface area contributed by atoms with Gasteiger partial charge in [0, 0.05) is 16.8 Å². The maximum atomic E-state index is 12.6. The summed E-state index contributed by atoms with van der Waals surface area (Å²) in [6.45, 7) is 2.06. The molecule has 0 aliphatic carbocycles. The Hall–Kier alpha value is -2.61. The lowest BCUT2D eigenvalue weighted by Gasteiger charge is -2.08. The number of benzene rings is 3. The highest BCUT2D eigenvalue weighted by atomic mass is 16.1. The molecule has 0 fully saturated rings. The molecule has 0 aromatic heterocycles. The molecular weight excluding hydrogens is 246 g/mol. The summed E-state index contributed by atoms with van der Waals surface area (Å²) in [5, 5.41) is 2.11. The van der Waals surface area contributed by atoms with Crippen LogP contribution in [0.25, 0.3) is 10.8 Å². The molecule has 0 spiro atoms. The number of carbonyl (C=O) groups excluding carboxylic acids is 1. The first kappa shape index (κ1) is 12.4. The first-order chi connectivity index (χ1) is 9.66. The molecule has 20 heavy (non-hydrogen) atoms. The van der Waals surface area contributed by atoms with Gasteiger partial charge in [-0.05, 0) is 47.5 Å². The molecule has 2 N–H and O–H groups in total. The number of nitrogens with two attached hydrogens (primary N) is 1. The lowest BCUT2D eigenvalue weighted by molar-refractivity contribution is 0.104. The van der Waals surface area contributed by atoms with E-state index in [-0.39, 0.29) is 5.78 Å². The SMILES string of the molecule is Cc1ccc(C(=O)c2ccc(N)cc2)c2ccccc12. The molecule has 2 heteroatoms. The predicted octanol–water partition coefficient (Wildman–Crippen LogP) is 3.96. The van der Waals surface area contributed by atoms with Gasteiger partial charge in [0.1, 0.15) is 0 Å². The van der Waals surface area contributed by atoms with E-state index in [2.05, 4.69) is 6.92 Å². The Kier molecular flexibility index (Phi) is 2.99. The normalized spacial score (nSPS) is 10.7. The third-order valence-electron chi connectivity index (χ3n) is 3.56. The molecule has 0 atom stereocenters. The fourth-order valence-corrected chi connectivity index (χ4v) is 2.44. The number of carbonyl (C=O) groups is 1. The molecule has 0 radical (unpaired) electrons. The van der Waals surface area contributed by atoms with Crippen molar-refractivity contribution in [2.75, 3.05) is 5.73 Å². The third-order valence-corrected chi connectivity index (χ3v) is 3.56. The van der Waals surface area contributed by atoms with Crippen LogP contribution in [0.1, 0.15) is 21.5 Å². The van der Waals surface area contributed by atoms with E-state index in [4.69, 9.17) is 5.73 Å². The van der Waals surface area contributed by atoms with Gasteiger partial charge in [-0.3, -0.25) is 4.79 Å². The summed E-state index contributed by atoms with van der Waals surface area (Å²) >= 11 is 0. The van der Waals surface area contributed by atoms with Crippen LogP contribution in [0.2, 0.25) is 0 Å². The standard InChI is InChI=1S/C18H15NO/c1-12-6-11-17(16-5-3-2-4-15(12)16)18(20)13-7-9-14(19)10-8-13/h2-11H,19H2,1H3. The zero-order valence-corrected chi connectivity index (χ0v) is 11.3. The molecular formula is C18H15NO. The molecule has 98 valence electrons. The molecule has 0 aliphatic rings. The molecule has 0 saturated carbocycles. The van der Waals surface area contributed by atoms with Gasteiger partial charge in [0.05, 0.1) is 0 Å². The average Bonchev–Trinajstić information content (AvgIpc) is 2.48. The highest BCUT2D eigenvalue weighted by molar-refractivity contribution is 6.16. The van der Waals surface area contributed by atoms with Crippen LogP contribution < -0.4 is 5.73 Å². The van der Waals surface area contributed by atoms with E-state index < -0.39 is 0 Å². The third kappa shape index (κ3) is 2.05. The summed E-state index contributed by atoms with van der Waals surface area (Å²) in [7, 11) is 0. The minimum Gasteiger partial charge on any atom is -0.399 e. The van der Waals surface area contributed by atoms with E-state index in [0.717, 1.165) is 16.3 Å². The lowest BCUT2D eigenvalue weighted by atomic mass is 9.95. The average molecular weight is 261 g/mol. The first-order valence-electron chi connectivity index (χ1n) is 6.55. The van der Waals surface area contributed by atoms with Crippen molar-refractivity contribution in [1.29, 1.82) is 0 Å². The Balaban J connectivity index is 2.17. The van der Waals surface area contributed by atoms with E-state index in [1.165, 1.54) is 5.56 Å². The molecule has 3 rings (SSSR count). The minimum atomic E-state index is 0.0289. The van der Waals surface area contributed by atoms with Crippen LogP contribution in [-0.2, 0) is 0 Å². The van der Waals surface area contributed by atoms with Crippen LogP contribution in [0.4, 0.5) is 5.69 Å². The summed E-state index contributed by atoms with van der Waals surface area (Å²) in [6, 6.07) is 18.9. The summed E-state index contributed by atoms with van der Waals surface area (Å²) in [5.74, 6) is 0.0289. The lowest BCUT2D eigenvalue weighted by Crippen LogP contribution is -2.02. The molecule has 0 unspecified atom stereocenters. The molecule has 0 amide bonds. The van der Waals surface area contributed by atoms with Crippen LogP contribution in [0, 0.1) is 6.92 Å².